The molecule has 1 saturated carbocycles. The van der Waals surface area contributed by atoms with Gasteiger partial charge in [0.1, 0.15) is 5.82 Å². The average Bonchev–Trinajstić information content (AvgIpc) is 3.65. The number of pyridine rings is 1. The molecule has 1 fully saturated rings. The highest BCUT2D eigenvalue weighted by Crippen LogP contribution is 2.31. The number of nitrogens with zero attached hydrogens (tertiary/aromatic N) is 2. The van der Waals surface area contributed by atoms with E-state index < -0.39 is 11.7 Å². The molecule has 1 aliphatic carbocycles. The first-order valence-electron chi connectivity index (χ1n) is 11.1. The van der Waals surface area contributed by atoms with Crippen LogP contribution in [-0.2, 0) is 6.18 Å². The van der Waals surface area contributed by atoms with Gasteiger partial charge in [-0.1, -0.05) is 31.7 Å². The Morgan fingerprint density at radius 2 is 1.94 bits per heavy atom. The maximum absolute atomic E-state index is 13.0. The van der Waals surface area contributed by atoms with Gasteiger partial charge in [0.05, 0.1) is 17.3 Å². The summed E-state index contributed by atoms with van der Waals surface area (Å²) in [7, 11) is 0. The van der Waals surface area contributed by atoms with Crippen molar-refractivity contribution in [2.24, 2.45) is 4.99 Å². The zero-order valence-corrected chi connectivity index (χ0v) is 19.1. The lowest BCUT2D eigenvalue weighted by Crippen LogP contribution is -2.40. The van der Waals surface area contributed by atoms with Gasteiger partial charge in [-0.25, -0.2) is 10.4 Å². The summed E-state index contributed by atoms with van der Waals surface area (Å²) in [5, 5.41) is 2.97. The molecular formula is C25H28F3N5O. The number of hydrogen-bond acceptors (Lipinski definition) is 5. The van der Waals surface area contributed by atoms with Crippen LogP contribution in [-0.4, -0.2) is 28.7 Å². The molecule has 1 amide bonds. The molecule has 3 rings (SSSR count). The predicted octanol–water partition coefficient (Wildman–Crippen LogP) is 5.02. The number of carbonyl (C=O) groups excluding carboxylic acids is 1. The summed E-state index contributed by atoms with van der Waals surface area (Å²) >= 11 is 0. The molecule has 1 aliphatic rings. The van der Waals surface area contributed by atoms with E-state index in [0.29, 0.717) is 40.7 Å². The van der Waals surface area contributed by atoms with Gasteiger partial charge in [0.2, 0.25) is 0 Å². The first kappa shape index (κ1) is 25.2. The number of rotatable bonds is 10. The van der Waals surface area contributed by atoms with E-state index in [9.17, 15) is 18.0 Å². The van der Waals surface area contributed by atoms with E-state index in [4.69, 9.17) is 0 Å². The van der Waals surface area contributed by atoms with Crippen LogP contribution in [0.3, 0.4) is 0 Å². The summed E-state index contributed by atoms with van der Waals surface area (Å²) in [5.74, 6) is 0.138. The zero-order chi connectivity index (χ0) is 24.7. The first-order valence-corrected chi connectivity index (χ1v) is 11.1. The lowest BCUT2D eigenvalue weighted by molar-refractivity contribution is -0.137. The fourth-order valence-electron chi connectivity index (χ4n) is 3.19. The number of aromatic nitrogens is 1. The minimum Gasteiger partial charge on any atom is -0.344 e. The number of allylic oxidation sites excluding steroid dienone is 1. The summed E-state index contributed by atoms with van der Waals surface area (Å²) < 4.78 is 38.9. The van der Waals surface area contributed by atoms with Crippen molar-refractivity contribution >= 4 is 11.6 Å². The van der Waals surface area contributed by atoms with Crippen LogP contribution in [0, 0.1) is 0 Å². The van der Waals surface area contributed by atoms with Gasteiger partial charge in [0.15, 0.2) is 0 Å². The lowest BCUT2D eigenvalue weighted by atomic mass is 10.0. The molecule has 2 aromatic rings. The molecule has 34 heavy (non-hydrogen) atoms. The van der Waals surface area contributed by atoms with Crippen LogP contribution in [0.15, 0.2) is 72.3 Å². The van der Waals surface area contributed by atoms with Gasteiger partial charge in [-0.2, -0.15) is 13.2 Å². The van der Waals surface area contributed by atoms with Crippen molar-refractivity contribution in [1.29, 1.82) is 0 Å². The number of carbonyl (C=O) groups is 1. The summed E-state index contributed by atoms with van der Waals surface area (Å²) in [6.07, 6.45) is 4.16. The van der Waals surface area contributed by atoms with Gasteiger partial charge in [0.25, 0.3) is 5.91 Å². The SMILES string of the molecule is C=C(/N=C(\C=C/C)C(CC)NC(=O)c1ccc(-c2cncc(C(F)(F)F)c2)cc1)NNC1CC1. The third kappa shape index (κ3) is 7.02. The maximum atomic E-state index is 13.0. The molecule has 180 valence electrons. The van der Waals surface area contributed by atoms with Crippen LogP contribution in [0.4, 0.5) is 13.2 Å². The molecule has 9 heteroatoms. The Morgan fingerprint density at radius 1 is 1.24 bits per heavy atom. The molecule has 1 aromatic heterocycles. The molecule has 1 heterocycles. The van der Waals surface area contributed by atoms with Gasteiger partial charge in [-0.05, 0) is 56.0 Å². The van der Waals surface area contributed by atoms with Crippen molar-refractivity contribution in [1.82, 2.24) is 21.2 Å². The van der Waals surface area contributed by atoms with Gasteiger partial charge in [-0.3, -0.25) is 9.78 Å². The highest BCUT2D eigenvalue weighted by Gasteiger charge is 2.31. The van der Waals surface area contributed by atoms with E-state index in [2.05, 4.69) is 32.7 Å². The quantitative estimate of drug-likeness (QED) is 0.336. The topological polar surface area (TPSA) is 78.4 Å². The molecular weight excluding hydrogens is 443 g/mol. The third-order valence-corrected chi connectivity index (χ3v) is 5.22. The van der Waals surface area contributed by atoms with Crippen LogP contribution in [0.5, 0.6) is 0 Å². The lowest BCUT2D eigenvalue weighted by Gasteiger charge is -2.18. The van der Waals surface area contributed by atoms with Crippen LogP contribution < -0.4 is 16.2 Å². The van der Waals surface area contributed by atoms with E-state index in [1.165, 1.54) is 6.20 Å². The smallest absolute Gasteiger partial charge is 0.344 e. The number of alkyl halides is 3. The number of aliphatic imine (C=N–C) groups is 1. The van der Waals surface area contributed by atoms with Gasteiger partial charge >= 0.3 is 6.18 Å². The minimum atomic E-state index is -4.47. The van der Waals surface area contributed by atoms with Crippen LogP contribution in [0.25, 0.3) is 11.1 Å². The number of hydrogen-bond donors (Lipinski definition) is 3. The van der Waals surface area contributed by atoms with Crippen molar-refractivity contribution in [3.05, 3.63) is 78.4 Å². The van der Waals surface area contributed by atoms with Crippen molar-refractivity contribution in [3.63, 3.8) is 0 Å². The molecule has 0 aliphatic heterocycles. The van der Waals surface area contributed by atoms with Crippen LogP contribution in [0.1, 0.15) is 49.0 Å². The summed E-state index contributed by atoms with van der Waals surface area (Å²) in [6.45, 7) is 7.71. The second kappa shape index (κ2) is 11.1. The van der Waals surface area contributed by atoms with Crippen molar-refractivity contribution in [3.8, 4) is 11.1 Å². The largest absolute Gasteiger partial charge is 0.417 e. The third-order valence-electron chi connectivity index (χ3n) is 5.22. The molecule has 0 spiro atoms. The summed E-state index contributed by atoms with van der Waals surface area (Å²) in [4.78, 5) is 21.1. The molecule has 0 radical (unpaired) electrons. The number of nitrogens with one attached hydrogen (secondary N) is 3. The normalized spacial score (nSPS) is 15.3. The fourth-order valence-corrected chi connectivity index (χ4v) is 3.19. The molecule has 6 nitrogen and oxygen atoms in total. The Balaban J connectivity index is 1.71. The Bertz CT molecular complexity index is 1070. The van der Waals surface area contributed by atoms with E-state index in [-0.39, 0.29) is 11.9 Å². The number of halogens is 3. The van der Waals surface area contributed by atoms with Crippen molar-refractivity contribution in [2.45, 2.75) is 51.4 Å². The number of hydrazine groups is 1. The molecule has 3 N–H and O–H groups in total. The second-order valence-corrected chi connectivity index (χ2v) is 8.00. The Morgan fingerprint density at radius 3 is 2.53 bits per heavy atom. The predicted molar refractivity (Wildman–Crippen MR) is 127 cm³/mol. The highest BCUT2D eigenvalue weighted by atomic mass is 19.4. The summed E-state index contributed by atoms with van der Waals surface area (Å²) in [5.41, 5.74) is 7.17. The Labute approximate surface area is 197 Å². The van der Waals surface area contributed by atoms with Crippen LogP contribution in [0.2, 0.25) is 0 Å². The Kier molecular flexibility index (Phi) is 8.22. The molecule has 1 aromatic carbocycles. The average molecular weight is 472 g/mol. The zero-order valence-electron chi connectivity index (χ0n) is 19.1. The number of amides is 1. The van der Waals surface area contributed by atoms with Gasteiger partial charge in [0, 0.05) is 29.6 Å². The van der Waals surface area contributed by atoms with E-state index in [1.54, 1.807) is 24.3 Å². The van der Waals surface area contributed by atoms with Gasteiger partial charge < -0.3 is 10.7 Å². The van der Waals surface area contributed by atoms with E-state index in [1.807, 2.05) is 26.0 Å². The van der Waals surface area contributed by atoms with E-state index in [0.717, 1.165) is 25.1 Å². The minimum absolute atomic E-state index is 0.313. The van der Waals surface area contributed by atoms with Crippen molar-refractivity contribution < 1.29 is 18.0 Å². The molecule has 1 atom stereocenters. The standard InChI is InChI=1S/C25H28F3N5O/c1-4-6-23(30-16(3)32-33-21-11-12-21)22(5-2)31-24(34)18-9-7-17(8-10-18)19-13-20(15-29-14-19)25(26,27)28/h4,6-10,13-15,21-22,32-33H,3,5,11-12H2,1-2H3,(H,31,34)/b6-4-,30-23+. The molecule has 0 saturated heterocycles. The van der Waals surface area contributed by atoms with Crippen molar-refractivity contribution in [2.75, 3.05) is 0 Å². The fraction of sp³-hybridized carbons (Fsp3) is 0.320. The molecule has 0 bridgehead atoms. The Hall–Kier alpha value is -3.46. The second-order valence-electron chi connectivity index (χ2n) is 8.00. The monoisotopic (exact) mass is 471 g/mol. The highest BCUT2D eigenvalue weighted by molar-refractivity contribution is 6.04. The first-order chi connectivity index (χ1) is 16.2. The van der Waals surface area contributed by atoms with Crippen LogP contribution >= 0.6 is 0 Å². The maximum Gasteiger partial charge on any atom is 0.417 e. The summed E-state index contributed by atoms with van der Waals surface area (Å²) in [6, 6.07) is 7.47. The van der Waals surface area contributed by atoms with E-state index >= 15 is 0 Å². The van der Waals surface area contributed by atoms with Gasteiger partial charge in [-0.15, -0.1) is 0 Å². The number of benzene rings is 1. The molecule has 1 unspecified atom stereocenters.